The standard InChI is InChI=1S/C2H2Cl6Si2/c1-2(9(3,4)5)10(6,7)8/h1H2. The zero-order chi connectivity index (χ0) is 8.58. The second kappa shape index (κ2) is 3.75. The monoisotopic (exact) mass is 292 g/mol. The van der Waals surface area contributed by atoms with Crippen LogP contribution in [0, 0.1) is 0 Å². The van der Waals surface area contributed by atoms with Crippen molar-refractivity contribution in [3.05, 3.63) is 11.4 Å². The lowest BCUT2D eigenvalue weighted by atomic mass is 11.2. The van der Waals surface area contributed by atoms with E-state index in [1.807, 2.05) is 0 Å². The van der Waals surface area contributed by atoms with Crippen LogP contribution in [0.25, 0.3) is 0 Å². The summed E-state index contributed by atoms with van der Waals surface area (Å²) in [6.45, 7) is 3.43. The molecule has 0 fully saturated rings. The maximum atomic E-state index is 5.52. The molecule has 0 atom stereocenters. The maximum absolute atomic E-state index is 5.52. The molecule has 0 nitrogen and oxygen atoms in total. The van der Waals surface area contributed by atoms with Crippen molar-refractivity contribution in [1.29, 1.82) is 0 Å². The maximum Gasteiger partial charge on any atom is 0.367 e. The van der Waals surface area contributed by atoms with Crippen LogP contribution in [0.4, 0.5) is 0 Å². The Bertz CT molecular complexity index is 125. The van der Waals surface area contributed by atoms with E-state index in [-0.39, 0.29) is 4.82 Å². The molecule has 60 valence electrons. The minimum atomic E-state index is -3.01. The second-order valence-electron chi connectivity index (χ2n) is 1.47. The average molecular weight is 295 g/mol. The van der Waals surface area contributed by atoms with E-state index in [1.54, 1.807) is 0 Å². The molecule has 0 aromatic rings. The van der Waals surface area contributed by atoms with Crippen molar-refractivity contribution < 1.29 is 0 Å². The van der Waals surface area contributed by atoms with Crippen molar-refractivity contribution in [1.82, 2.24) is 0 Å². The molecular formula is C2H2Cl6Si2. The summed E-state index contributed by atoms with van der Waals surface area (Å²) in [4.78, 5) is 0.190. The Morgan fingerprint density at radius 2 is 1.00 bits per heavy atom. The smallest absolute Gasteiger partial charge is 0.121 e. The van der Waals surface area contributed by atoms with Gasteiger partial charge in [0.2, 0.25) is 0 Å². The predicted octanol–water partition coefficient (Wildman–Crippen LogP) is 3.93. The average Bonchev–Trinajstić information content (AvgIpc) is 1.59. The van der Waals surface area contributed by atoms with Gasteiger partial charge in [-0.3, -0.25) is 0 Å². The Kier molecular flexibility index (Phi) is 4.47. The second-order valence-corrected chi connectivity index (χ2v) is 18.9. The number of hydrogen-bond acceptors (Lipinski definition) is 0. The van der Waals surface area contributed by atoms with Gasteiger partial charge >= 0.3 is 12.0 Å². The minimum absolute atomic E-state index is 0.190. The van der Waals surface area contributed by atoms with Crippen LogP contribution in [0.1, 0.15) is 0 Å². The summed E-state index contributed by atoms with van der Waals surface area (Å²) in [6.07, 6.45) is 0. The first-order valence-corrected chi connectivity index (χ1v) is 12.1. The van der Waals surface area contributed by atoms with E-state index in [1.165, 1.54) is 0 Å². The number of halogens is 6. The molecule has 0 unspecified atom stereocenters. The molecule has 10 heavy (non-hydrogen) atoms. The van der Waals surface area contributed by atoms with E-state index in [0.717, 1.165) is 0 Å². The number of hydrogen-bond donors (Lipinski definition) is 0. The third-order valence-corrected chi connectivity index (χ3v) is 11.3. The molecule has 0 aliphatic rings. The summed E-state index contributed by atoms with van der Waals surface area (Å²) in [5.41, 5.74) is 0. The van der Waals surface area contributed by atoms with Gasteiger partial charge in [-0.2, -0.15) is 0 Å². The zero-order valence-corrected chi connectivity index (χ0v) is 11.0. The highest BCUT2D eigenvalue weighted by Gasteiger charge is 2.44. The van der Waals surface area contributed by atoms with Crippen LogP contribution in [0.3, 0.4) is 0 Å². The Hall–Kier alpha value is 1.91. The summed E-state index contributed by atoms with van der Waals surface area (Å²) in [5, 5.41) is 0. The van der Waals surface area contributed by atoms with E-state index in [9.17, 15) is 0 Å². The molecule has 0 N–H and O–H groups in total. The van der Waals surface area contributed by atoms with Crippen LogP contribution in [0.5, 0.6) is 0 Å². The highest BCUT2D eigenvalue weighted by molar-refractivity contribution is 7.79. The van der Waals surface area contributed by atoms with Crippen LogP contribution in [0.15, 0.2) is 11.4 Å². The van der Waals surface area contributed by atoms with Gasteiger partial charge < -0.3 is 0 Å². The van der Waals surface area contributed by atoms with Gasteiger partial charge in [0.25, 0.3) is 0 Å². The fourth-order valence-corrected chi connectivity index (χ4v) is 13.0. The van der Waals surface area contributed by atoms with E-state index in [4.69, 9.17) is 66.5 Å². The van der Waals surface area contributed by atoms with Gasteiger partial charge in [0.15, 0.2) is 0 Å². The molecule has 0 rings (SSSR count). The van der Waals surface area contributed by atoms with Gasteiger partial charge in [-0.15, -0.1) is 73.1 Å². The summed E-state index contributed by atoms with van der Waals surface area (Å²) in [7, 11) is 0. The van der Waals surface area contributed by atoms with Crippen molar-refractivity contribution in [2.24, 2.45) is 0 Å². The first-order chi connectivity index (χ1) is 4.15. The van der Waals surface area contributed by atoms with Gasteiger partial charge in [0.1, 0.15) is 0 Å². The highest BCUT2D eigenvalue weighted by Crippen LogP contribution is 2.39. The first-order valence-electron chi connectivity index (χ1n) is 1.99. The summed E-state index contributed by atoms with van der Waals surface area (Å²) >= 11 is 33.1. The van der Waals surface area contributed by atoms with Crippen molar-refractivity contribution in [3.8, 4) is 0 Å². The molecule has 0 saturated carbocycles. The molecule has 0 radical (unpaired) electrons. The molecule has 0 bridgehead atoms. The quantitative estimate of drug-likeness (QED) is 0.535. The Labute approximate surface area is 89.2 Å². The summed E-state index contributed by atoms with van der Waals surface area (Å²) in [5.74, 6) is 0. The lowest BCUT2D eigenvalue weighted by Crippen LogP contribution is -2.28. The molecule has 0 saturated heterocycles. The minimum Gasteiger partial charge on any atom is -0.121 e. The lowest BCUT2D eigenvalue weighted by Gasteiger charge is -2.16. The van der Waals surface area contributed by atoms with Crippen molar-refractivity contribution in [3.63, 3.8) is 0 Å². The first kappa shape index (κ1) is 11.9. The predicted molar refractivity (Wildman–Crippen MR) is 55.8 cm³/mol. The molecule has 0 aromatic heterocycles. The summed E-state index contributed by atoms with van der Waals surface area (Å²) < 4.78 is 0. The van der Waals surface area contributed by atoms with Crippen molar-refractivity contribution >= 4 is 78.5 Å². The van der Waals surface area contributed by atoms with Crippen LogP contribution in [-0.2, 0) is 0 Å². The van der Waals surface area contributed by atoms with Crippen molar-refractivity contribution in [2.75, 3.05) is 0 Å². The lowest BCUT2D eigenvalue weighted by molar-refractivity contribution is 2.32. The normalized spacial score (nSPS) is 13.4. The van der Waals surface area contributed by atoms with E-state index in [0.29, 0.717) is 0 Å². The number of rotatable bonds is 2. The van der Waals surface area contributed by atoms with Gasteiger partial charge in [-0.05, 0) is 4.82 Å². The molecular weight excluding hydrogens is 293 g/mol. The fraction of sp³-hybridized carbons (Fsp3) is 0. The van der Waals surface area contributed by atoms with Gasteiger partial charge in [0, 0.05) is 0 Å². The third kappa shape index (κ3) is 4.07. The van der Waals surface area contributed by atoms with Gasteiger partial charge in [-0.25, -0.2) is 0 Å². The molecule has 0 aliphatic heterocycles. The van der Waals surface area contributed by atoms with E-state index in [2.05, 4.69) is 6.58 Å². The topological polar surface area (TPSA) is 0 Å². The Morgan fingerprint density at radius 3 is 1.00 bits per heavy atom. The van der Waals surface area contributed by atoms with Gasteiger partial charge in [-0.1, -0.05) is 0 Å². The molecule has 8 heteroatoms. The van der Waals surface area contributed by atoms with E-state index >= 15 is 0 Å². The molecule has 0 spiro atoms. The van der Waals surface area contributed by atoms with Gasteiger partial charge in [0.05, 0.1) is 0 Å². The zero-order valence-electron chi connectivity index (χ0n) is 4.47. The van der Waals surface area contributed by atoms with Crippen LogP contribution in [-0.4, -0.2) is 12.0 Å². The Balaban J connectivity index is 4.40. The SMILES string of the molecule is C=C([Si](Cl)(Cl)Cl)[Si](Cl)(Cl)Cl. The molecule has 0 amide bonds. The molecule has 0 aliphatic carbocycles. The van der Waals surface area contributed by atoms with Crippen LogP contribution >= 0.6 is 66.5 Å². The third-order valence-electron chi connectivity index (χ3n) is 0.684. The van der Waals surface area contributed by atoms with E-state index < -0.39 is 12.0 Å². The van der Waals surface area contributed by atoms with Crippen LogP contribution < -0.4 is 0 Å². The van der Waals surface area contributed by atoms with Crippen molar-refractivity contribution in [2.45, 2.75) is 0 Å². The molecule has 0 heterocycles. The highest BCUT2D eigenvalue weighted by atomic mass is 35.8. The Morgan fingerprint density at radius 1 is 0.800 bits per heavy atom. The summed E-state index contributed by atoms with van der Waals surface area (Å²) in [6, 6.07) is -6.02. The molecule has 0 aromatic carbocycles. The van der Waals surface area contributed by atoms with Crippen LogP contribution in [0.2, 0.25) is 0 Å². The fourth-order valence-electron chi connectivity index (χ4n) is 0.161. The largest absolute Gasteiger partial charge is 0.367 e.